The third-order valence-electron chi connectivity index (χ3n) is 4.01. The Balaban J connectivity index is 1.54. The zero-order valence-corrected chi connectivity index (χ0v) is 17.5. The first-order chi connectivity index (χ1) is 14.0. The topological polar surface area (TPSA) is 105 Å². The Morgan fingerprint density at radius 3 is 2.79 bits per heavy atom. The number of anilines is 1. The second-order valence-corrected chi connectivity index (χ2v) is 9.65. The van der Waals surface area contributed by atoms with Crippen molar-refractivity contribution in [2.24, 2.45) is 5.10 Å². The molecular formula is C18H15N5O3S3. The van der Waals surface area contributed by atoms with Crippen LogP contribution in [0.4, 0.5) is 5.69 Å². The lowest BCUT2D eigenvalue weighted by Gasteiger charge is -2.10. The van der Waals surface area contributed by atoms with E-state index in [0.717, 1.165) is 27.7 Å². The van der Waals surface area contributed by atoms with Crippen molar-refractivity contribution in [2.45, 2.75) is 11.1 Å². The third kappa shape index (κ3) is 3.92. The van der Waals surface area contributed by atoms with Gasteiger partial charge in [0, 0.05) is 11.6 Å². The molecule has 0 spiro atoms. The number of aryl methyl sites for hydroxylation is 1. The van der Waals surface area contributed by atoms with Gasteiger partial charge in [-0.05, 0) is 30.5 Å². The van der Waals surface area contributed by atoms with Crippen LogP contribution in [0.2, 0.25) is 0 Å². The summed E-state index contributed by atoms with van der Waals surface area (Å²) < 4.78 is 29.4. The number of thiazole rings is 1. The van der Waals surface area contributed by atoms with Crippen LogP contribution in [0.5, 0.6) is 0 Å². The first-order valence-corrected chi connectivity index (χ1v) is 11.6. The molecule has 3 heterocycles. The van der Waals surface area contributed by atoms with Gasteiger partial charge in [0.05, 0.1) is 28.9 Å². The van der Waals surface area contributed by atoms with Gasteiger partial charge < -0.3 is 0 Å². The van der Waals surface area contributed by atoms with Gasteiger partial charge in [-0.15, -0.1) is 22.7 Å². The molecule has 29 heavy (non-hydrogen) atoms. The number of imidazole rings is 1. The van der Waals surface area contributed by atoms with E-state index in [-0.39, 0.29) is 15.5 Å². The summed E-state index contributed by atoms with van der Waals surface area (Å²) in [5.74, 6) is -0.533. The molecule has 0 fully saturated rings. The summed E-state index contributed by atoms with van der Waals surface area (Å²) in [6.07, 6.45) is 3.39. The van der Waals surface area contributed by atoms with E-state index in [1.54, 1.807) is 23.6 Å². The molecule has 0 aliphatic rings. The maximum Gasteiger partial charge on any atom is 0.273 e. The standard InChI is InChI=1S/C18H15N5O3S3/c1-12-15(23-8-10-28-18(23)20-12)11-19-21-17(24)13-5-2-3-6-14(13)22-29(25,26)16-7-4-9-27-16/h2-11,22H,1H3,(H,21,24). The second-order valence-electron chi connectivity index (χ2n) is 5.92. The van der Waals surface area contributed by atoms with Crippen LogP contribution < -0.4 is 10.1 Å². The summed E-state index contributed by atoms with van der Waals surface area (Å²) in [4.78, 5) is 17.8. The molecule has 148 valence electrons. The summed E-state index contributed by atoms with van der Waals surface area (Å²) in [7, 11) is -3.77. The largest absolute Gasteiger partial charge is 0.289 e. The SMILES string of the molecule is Cc1nc2sccn2c1C=NNC(=O)c1ccccc1NS(=O)(=O)c1cccs1. The van der Waals surface area contributed by atoms with Crippen LogP contribution in [0.15, 0.2) is 62.7 Å². The zero-order chi connectivity index (χ0) is 20.4. The highest BCUT2D eigenvalue weighted by atomic mass is 32.2. The lowest BCUT2D eigenvalue weighted by molar-refractivity contribution is 0.0956. The van der Waals surface area contributed by atoms with Crippen molar-refractivity contribution in [3.8, 4) is 0 Å². The van der Waals surface area contributed by atoms with Crippen molar-refractivity contribution in [1.82, 2.24) is 14.8 Å². The minimum atomic E-state index is -3.77. The Hall–Kier alpha value is -3.02. The van der Waals surface area contributed by atoms with Crippen molar-refractivity contribution in [3.05, 3.63) is 70.3 Å². The molecule has 0 saturated carbocycles. The van der Waals surface area contributed by atoms with Crippen molar-refractivity contribution in [2.75, 3.05) is 4.72 Å². The molecule has 3 aromatic heterocycles. The number of hydrazone groups is 1. The fraction of sp³-hybridized carbons (Fsp3) is 0.0556. The summed E-state index contributed by atoms with van der Waals surface area (Å²) in [6.45, 7) is 1.86. The Kier molecular flexibility index (Phi) is 5.18. The minimum absolute atomic E-state index is 0.162. The average molecular weight is 446 g/mol. The monoisotopic (exact) mass is 445 g/mol. The molecule has 0 aliphatic carbocycles. The van der Waals surface area contributed by atoms with Gasteiger partial charge >= 0.3 is 0 Å². The van der Waals surface area contributed by atoms with E-state index in [0.29, 0.717) is 0 Å². The van der Waals surface area contributed by atoms with E-state index in [4.69, 9.17) is 0 Å². The van der Waals surface area contributed by atoms with Gasteiger partial charge in [-0.1, -0.05) is 18.2 Å². The number of nitrogens with one attached hydrogen (secondary N) is 2. The van der Waals surface area contributed by atoms with E-state index in [1.807, 2.05) is 22.9 Å². The fourth-order valence-electron chi connectivity index (χ4n) is 2.66. The van der Waals surface area contributed by atoms with Gasteiger partial charge in [0.15, 0.2) is 4.96 Å². The Labute approximate surface area is 174 Å². The number of fused-ring (bicyclic) bond motifs is 1. The summed E-state index contributed by atoms with van der Waals surface area (Å²) in [5, 5.41) is 7.59. The highest BCUT2D eigenvalue weighted by molar-refractivity contribution is 7.94. The maximum absolute atomic E-state index is 12.6. The molecule has 11 heteroatoms. The number of sulfonamides is 1. The van der Waals surface area contributed by atoms with Gasteiger partial charge in [-0.3, -0.25) is 13.9 Å². The second kappa shape index (κ2) is 7.78. The summed E-state index contributed by atoms with van der Waals surface area (Å²) in [6, 6.07) is 9.50. The molecule has 1 aromatic carbocycles. The van der Waals surface area contributed by atoms with Crippen molar-refractivity contribution in [3.63, 3.8) is 0 Å². The number of carbonyl (C=O) groups excluding carboxylic acids is 1. The van der Waals surface area contributed by atoms with Crippen LogP contribution in [-0.2, 0) is 10.0 Å². The predicted molar refractivity (Wildman–Crippen MR) is 114 cm³/mol. The normalized spacial score (nSPS) is 11.9. The number of thiophene rings is 1. The first kappa shape index (κ1) is 19.3. The van der Waals surface area contributed by atoms with Crippen LogP contribution in [0.25, 0.3) is 4.96 Å². The van der Waals surface area contributed by atoms with Crippen molar-refractivity contribution >= 4 is 55.5 Å². The number of hydrogen-bond donors (Lipinski definition) is 2. The molecule has 1 amide bonds. The van der Waals surface area contributed by atoms with Crippen LogP contribution in [0.3, 0.4) is 0 Å². The number of hydrogen-bond acceptors (Lipinski definition) is 7. The molecule has 0 saturated heterocycles. The van der Waals surface area contributed by atoms with Crippen LogP contribution in [0.1, 0.15) is 21.7 Å². The molecule has 0 unspecified atom stereocenters. The Bertz CT molecular complexity index is 1300. The molecule has 0 atom stereocenters. The lowest BCUT2D eigenvalue weighted by Crippen LogP contribution is -2.21. The van der Waals surface area contributed by atoms with Gasteiger partial charge in [-0.25, -0.2) is 18.8 Å². The first-order valence-electron chi connectivity index (χ1n) is 8.36. The molecule has 2 N–H and O–H groups in total. The van der Waals surface area contributed by atoms with E-state index in [2.05, 4.69) is 20.2 Å². The molecule has 8 nitrogen and oxygen atoms in total. The average Bonchev–Trinajstić information content (AvgIpc) is 3.41. The predicted octanol–water partition coefficient (Wildman–Crippen LogP) is 3.33. The highest BCUT2D eigenvalue weighted by Gasteiger charge is 2.19. The number of carbonyl (C=O) groups is 1. The third-order valence-corrected chi connectivity index (χ3v) is 7.53. The van der Waals surface area contributed by atoms with Crippen LogP contribution in [0, 0.1) is 6.92 Å². The van der Waals surface area contributed by atoms with E-state index in [9.17, 15) is 13.2 Å². The van der Waals surface area contributed by atoms with Crippen LogP contribution >= 0.6 is 22.7 Å². The summed E-state index contributed by atoms with van der Waals surface area (Å²) >= 11 is 2.60. The van der Waals surface area contributed by atoms with Gasteiger partial charge in [0.25, 0.3) is 15.9 Å². The number of aromatic nitrogens is 2. The summed E-state index contributed by atoms with van der Waals surface area (Å²) in [5.41, 5.74) is 4.33. The Morgan fingerprint density at radius 2 is 2.00 bits per heavy atom. The van der Waals surface area contributed by atoms with Crippen LogP contribution in [-0.4, -0.2) is 29.9 Å². The molecular weight excluding hydrogens is 430 g/mol. The highest BCUT2D eigenvalue weighted by Crippen LogP contribution is 2.23. The van der Waals surface area contributed by atoms with Crippen molar-refractivity contribution < 1.29 is 13.2 Å². The van der Waals surface area contributed by atoms with Gasteiger partial charge in [0.1, 0.15) is 4.21 Å². The molecule has 0 radical (unpaired) electrons. The maximum atomic E-state index is 12.6. The number of nitrogens with zero attached hydrogens (tertiary/aromatic N) is 3. The van der Waals surface area contributed by atoms with Gasteiger partial charge in [-0.2, -0.15) is 5.10 Å². The lowest BCUT2D eigenvalue weighted by atomic mass is 10.2. The number of para-hydroxylation sites is 1. The minimum Gasteiger partial charge on any atom is -0.289 e. The Morgan fingerprint density at radius 1 is 1.17 bits per heavy atom. The molecule has 0 aliphatic heterocycles. The van der Waals surface area contributed by atoms with E-state index < -0.39 is 15.9 Å². The number of amides is 1. The zero-order valence-electron chi connectivity index (χ0n) is 15.1. The molecule has 4 aromatic rings. The van der Waals surface area contributed by atoms with E-state index >= 15 is 0 Å². The smallest absolute Gasteiger partial charge is 0.273 e. The van der Waals surface area contributed by atoms with E-state index in [1.165, 1.54) is 35.8 Å². The van der Waals surface area contributed by atoms with Gasteiger partial charge in [0.2, 0.25) is 0 Å². The number of rotatable bonds is 6. The quantitative estimate of drug-likeness (QED) is 0.351. The molecule has 4 rings (SSSR count). The fourth-order valence-corrected chi connectivity index (χ4v) is 5.50. The number of benzene rings is 1. The molecule has 0 bridgehead atoms. The van der Waals surface area contributed by atoms with Crippen molar-refractivity contribution in [1.29, 1.82) is 0 Å².